The van der Waals surface area contributed by atoms with E-state index in [9.17, 15) is 15.2 Å². The molecule has 0 spiro atoms. The van der Waals surface area contributed by atoms with Gasteiger partial charge in [-0.15, -0.1) is 0 Å². The summed E-state index contributed by atoms with van der Waals surface area (Å²) in [5.41, 5.74) is 0.00155. The van der Waals surface area contributed by atoms with Gasteiger partial charge in [0.1, 0.15) is 6.61 Å². The van der Waals surface area contributed by atoms with Crippen molar-refractivity contribution < 1.29 is 14.8 Å². The number of piperidine rings is 1. The van der Waals surface area contributed by atoms with Crippen LogP contribution in [-0.2, 0) is 0 Å². The number of nitro groups is 1. The molecule has 1 aromatic rings. The van der Waals surface area contributed by atoms with Crippen molar-refractivity contribution in [1.82, 2.24) is 4.90 Å². The van der Waals surface area contributed by atoms with Crippen LogP contribution in [0, 0.1) is 10.1 Å². The quantitative estimate of drug-likeness (QED) is 0.619. The number of para-hydroxylation sites is 2. The van der Waals surface area contributed by atoms with Gasteiger partial charge in [0.05, 0.1) is 11.0 Å². The molecule has 1 aromatic carbocycles. The minimum absolute atomic E-state index is 0.00155. The molecule has 0 unspecified atom stereocenters. The first-order valence-corrected chi connectivity index (χ1v) is 7.86. The van der Waals surface area contributed by atoms with Gasteiger partial charge in [-0.1, -0.05) is 18.6 Å². The second-order valence-corrected chi connectivity index (χ2v) is 5.84. The Kier molecular flexibility index (Phi) is 6.15. The summed E-state index contributed by atoms with van der Waals surface area (Å²) in [6, 6.07) is 6.82. The molecule has 1 aliphatic heterocycles. The van der Waals surface area contributed by atoms with Gasteiger partial charge < -0.3 is 9.84 Å². The van der Waals surface area contributed by atoms with Gasteiger partial charge in [-0.25, -0.2) is 0 Å². The molecule has 6 nitrogen and oxygen atoms in total. The number of ether oxygens (including phenoxy) is 1. The summed E-state index contributed by atoms with van der Waals surface area (Å²) in [6.45, 7) is 3.96. The van der Waals surface area contributed by atoms with Crippen LogP contribution in [0.15, 0.2) is 24.3 Å². The first-order valence-electron chi connectivity index (χ1n) is 7.86. The molecular weight excluding hydrogens is 284 g/mol. The van der Waals surface area contributed by atoms with Crippen molar-refractivity contribution in [3.05, 3.63) is 34.4 Å². The van der Waals surface area contributed by atoms with Crippen LogP contribution in [0.3, 0.4) is 0 Å². The topological polar surface area (TPSA) is 75.8 Å². The standard InChI is InChI=1S/C16H24N2O4/c1-13(19)12-14-6-4-5-9-17(14)10-11-22-16-8-3-2-7-15(16)18(20)21/h2-3,7-8,13-14,19H,4-6,9-12H2,1H3/t13-,14-/m1/s1. The maximum Gasteiger partial charge on any atom is 0.310 e. The predicted molar refractivity (Wildman–Crippen MR) is 84.1 cm³/mol. The Balaban J connectivity index is 1.88. The number of rotatable bonds is 7. The molecule has 0 amide bonds. The Bertz CT molecular complexity index is 493. The summed E-state index contributed by atoms with van der Waals surface area (Å²) in [5.74, 6) is 0.316. The molecule has 0 radical (unpaired) electrons. The van der Waals surface area contributed by atoms with Crippen molar-refractivity contribution >= 4 is 5.69 Å². The van der Waals surface area contributed by atoms with Crippen LogP contribution in [0.25, 0.3) is 0 Å². The summed E-state index contributed by atoms with van der Waals surface area (Å²) in [6.07, 6.45) is 3.91. The van der Waals surface area contributed by atoms with Crippen molar-refractivity contribution in [3.63, 3.8) is 0 Å². The van der Waals surface area contributed by atoms with Gasteiger partial charge in [0.25, 0.3) is 0 Å². The second-order valence-electron chi connectivity index (χ2n) is 5.84. The van der Waals surface area contributed by atoms with E-state index >= 15 is 0 Å². The monoisotopic (exact) mass is 308 g/mol. The third kappa shape index (κ3) is 4.68. The zero-order valence-corrected chi connectivity index (χ0v) is 13.0. The summed E-state index contributed by atoms with van der Waals surface area (Å²) in [7, 11) is 0. The lowest BCUT2D eigenvalue weighted by Gasteiger charge is -2.36. The number of hydrogen-bond donors (Lipinski definition) is 1. The highest BCUT2D eigenvalue weighted by molar-refractivity contribution is 5.45. The van der Waals surface area contributed by atoms with Crippen LogP contribution in [-0.4, -0.2) is 46.8 Å². The number of likely N-dealkylation sites (tertiary alicyclic amines) is 1. The van der Waals surface area contributed by atoms with Gasteiger partial charge in [0.2, 0.25) is 0 Å². The number of hydrogen-bond acceptors (Lipinski definition) is 5. The smallest absolute Gasteiger partial charge is 0.310 e. The Morgan fingerprint density at radius 2 is 2.23 bits per heavy atom. The minimum Gasteiger partial charge on any atom is -0.485 e. The van der Waals surface area contributed by atoms with Crippen molar-refractivity contribution in [2.24, 2.45) is 0 Å². The third-order valence-corrected chi connectivity index (χ3v) is 4.06. The predicted octanol–water partition coefficient (Wildman–Crippen LogP) is 2.60. The Morgan fingerprint density at radius 1 is 1.45 bits per heavy atom. The van der Waals surface area contributed by atoms with Gasteiger partial charge in [-0.3, -0.25) is 15.0 Å². The number of nitrogens with zero attached hydrogens (tertiary/aromatic N) is 2. The molecule has 1 N–H and O–H groups in total. The van der Waals surface area contributed by atoms with E-state index in [1.807, 2.05) is 6.92 Å². The molecule has 1 heterocycles. The first-order chi connectivity index (χ1) is 10.6. The normalized spacial score (nSPS) is 20.5. The van der Waals surface area contributed by atoms with Crippen molar-refractivity contribution in [2.75, 3.05) is 19.7 Å². The zero-order valence-electron chi connectivity index (χ0n) is 13.0. The summed E-state index contributed by atoms with van der Waals surface area (Å²) in [4.78, 5) is 12.8. The number of aliphatic hydroxyl groups excluding tert-OH is 1. The highest BCUT2D eigenvalue weighted by Gasteiger charge is 2.23. The Hall–Kier alpha value is -1.66. The lowest BCUT2D eigenvalue weighted by molar-refractivity contribution is -0.385. The van der Waals surface area contributed by atoms with E-state index in [4.69, 9.17) is 4.74 Å². The first kappa shape index (κ1) is 16.7. The van der Waals surface area contributed by atoms with Crippen LogP contribution >= 0.6 is 0 Å². The van der Waals surface area contributed by atoms with E-state index in [0.29, 0.717) is 18.4 Å². The second kappa shape index (κ2) is 8.10. The van der Waals surface area contributed by atoms with Crippen molar-refractivity contribution in [3.8, 4) is 5.75 Å². The van der Waals surface area contributed by atoms with Gasteiger partial charge >= 0.3 is 5.69 Å². The fourth-order valence-corrected chi connectivity index (χ4v) is 3.02. The fraction of sp³-hybridized carbons (Fsp3) is 0.625. The molecule has 22 heavy (non-hydrogen) atoms. The molecule has 0 aliphatic carbocycles. The molecule has 6 heteroatoms. The summed E-state index contributed by atoms with van der Waals surface area (Å²) < 4.78 is 5.61. The molecule has 122 valence electrons. The summed E-state index contributed by atoms with van der Waals surface area (Å²) in [5, 5.41) is 20.5. The number of aliphatic hydroxyl groups is 1. The Morgan fingerprint density at radius 3 is 2.95 bits per heavy atom. The van der Waals surface area contributed by atoms with Crippen LogP contribution in [0.2, 0.25) is 0 Å². The van der Waals surface area contributed by atoms with E-state index in [1.165, 1.54) is 12.5 Å². The highest BCUT2D eigenvalue weighted by atomic mass is 16.6. The molecule has 2 atom stereocenters. The largest absolute Gasteiger partial charge is 0.485 e. The van der Waals surface area contributed by atoms with Crippen LogP contribution in [0.1, 0.15) is 32.6 Å². The number of benzene rings is 1. The molecule has 1 aliphatic rings. The molecule has 0 aromatic heterocycles. The maximum atomic E-state index is 10.9. The van der Waals surface area contributed by atoms with Gasteiger partial charge in [-0.2, -0.15) is 0 Å². The lowest BCUT2D eigenvalue weighted by Crippen LogP contribution is -2.43. The molecule has 2 rings (SSSR count). The average Bonchev–Trinajstić information content (AvgIpc) is 2.49. The Labute approximate surface area is 130 Å². The van der Waals surface area contributed by atoms with Crippen LogP contribution in [0.4, 0.5) is 5.69 Å². The molecule has 1 fully saturated rings. The molecule has 0 saturated carbocycles. The van der Waals surface area contributed by atoms with Crippen molar-refractivity contribution in [1.29, 1.82) is 0 Å². The minimum atomic E-state index is -0.424. The number of nitro benzene ring substituents is 1. The highest BCUT2D eigenvalue weighted by Crippen LogP contribution is 2.26. The van der Waals surface area contributed by atoms with E-state index < -0.39 is 4.92 Å². The molecule has 0 bridgehead atoms. The van der Waals surface area contributed by atoms with Crippen LogP contribution < -0.4 is 4.74 Å². The van der Waals surface area contributed by atoms with E-state index in [1.54, 1.807) is 18.2 Å². The molecule has 1 saturated heterocycles. The average molecular weight is 308 g/mol. The fourth-order valence-electron chi connectivity index (χ4n) is 3.02. The van der Waals surface area contributed by atoms with Gasteiger partial charge in [0.15, 0.2) is 5.75 Å². The van der Waals surface area contributed by atoms with E-state index in [-0.39, 0.29) is 11.8 Å². The third-order valence-electron chi connectivity index (χ3n) is 4.06. The lowest BCUT2D eigenvalue weighted by atomic mass is 9.97. The maximum absolute atomic E-state index is 10.9. The van der Waals surface area contributed by atoms with Crippen molar-refractivity contribution in [2.45, 2.75) is 44.8 Å². The summed E-state index contributed by atoms with van der Waals surface area (Å²) >= 11 is 0. The van der Waals surface area contributed by atoms with Crippen LogP contribution in [0.5, 0.6) is 5.75 Å². The SMILES string of the molecule is C[C@@H](O)C[C@H]1CCCCN1CCOc1ccccc1[N+](=O)[O-]. The van der Waals surface area contributed by atoms with Gasteiger partial charge in [0, 0.05) is 18.7 Å². The van der Waals surface area contributed by atoms with Gasteiger partial charge in [-0.05, 0) is 38.8 Å². The van der Waals surface area contributed by atoms with E-state index in [2.05, 4.69) is 4.90 Å². The molecular formula is C16H24N2O4. The zero-order chi connectivity index (χ0) is 15.9. The van der Waals surface area contributed by atoms with E-state index in [0.717, 1.165) is 32.4 Å².